The summed E-state index contributed by atoms with van der Waals surface area (Å²) in [6.07, 6.45) is -1.70. The minimum atomic E-state index is -1.42. The number of fused-ring (bicyclic) bond motifs is 5. The number of phenolic OH excluding ortho intramolecular Hbond substituents is 1. The van der Waals surface area contributed by atoms with E-state index in [1.807, 2.05) is 0 Å². The maximum absolute atomic E-state index is 11.4. The summed E-state index contributed by atoms with van der Waals surface area (Å²) >= 11 is 0. The zero-order valence-electron chi connectivity index (χ0n) is 16.0. The van der Waals surface area contributed by atoms with Crippen LogP contribution in [0.4, 0.5) is 0 Å². The Hall–Kier alpha value is -2.48. The second-order valence-corrected chi connectivity index (χ2v) is 7.93. The second kappa shape index (κ2) is 6.27. The number of benzene rings is 2. The molecule has 0 aromatic heterocycles. The Morgan fingerprint density at radius 2 is 2.04 bits per heavy atom. The van der Waals surface area contributed by atoms with E-state index in [0.29, 0.717) is 33.9 Å². The minimum Gasteiger partial charge on any atom is -0.508 e. The van der Waals surface area contributed by atoms with E-state index >= 15 is 0 Å². The van der Waals surface area contributed by atoms with Crippen LogP contribution in [0.3, 0.4) is 0 Å². The average molecular weight is 388 g/mol. The number of hydrogen-bond donors (Lipinski definition) is 4. The summed E-state index contributed by atoms with van der Waals surface area (Å²) < 4.78 is 17.3. The molecule has 0 fully saturated rings. The van der Waals surface area contributed by atoms with Crippen molar-refractivity contribution in [3.05, 3.63) is 47.0 Å². The van der Waals surface area contributed by atoms with E-state index in [9.17, 15) is 20.4 Å². The fraction of sp³-hybridized carbons (Fsp3) is 0.429. The summed E-state index contributed by atoms with van der Waals surface area (Å²) in [5, 5.41) is 41.7. The van der Waals surface area contributed by atoms with Crippen molar-refractivity contribution in [2.75, 3.05) is 13.7 Å². The lowest BCUT2D eigenvalue weighted by Crippen LogP contribution is -2.41. The van der Waals surface area contributed by atoms with Crippen LogP contribution in [0.25, 0.3) is 0 Å². The molecule has 2 aromatic rings. The van der Waals surface area contributed by atoms with Crippen LogP contribution in [0.5, 0.6) is 23.0 Å². The van der Waals surface area contributed by atoms with Crippen LogP contribution in [0, 0.1) is 0 Å². The lowest BCUT2D eigenvalue weighted by molar-refractivity contribution is -0.0866. The van der Waals surface area contributed by atoms with Gasteiger partial charge in [0.05, 0.1) is 18.8 Å². The predicted molar refractivity (Wildman–Crippen MR) is 99.9 cm³/mol. The summed E-state index contributed by atoms with van der Waals surface area (Å²) in [4.78, 5) is 0. The molecule has 2 heterocycles. The smallest absolute Gasteiger partial charge is 0.168 e. The summed E-state index contributed by atoms with van der Waals surface area (Å²) in [6, 6.07) is 8.10. The van der Waals surface area contributed by atoms with Crippen LogP contribution in [0.2, 0.25) is 0 Å². The van der Waals surface area contributed by atoms with Gasteiger partial charge in [0.1, 0.15) is 29.6 Å². The summed E-state index contributed by atoms with van der Waals surface area (Å²) in [5.41, 5.74) is -1.01. The number of aliphatic hydroxyl groups excluding tert-OH is 1. The van der Waals surface area contributed by atoms with Crippen LogP contribution in [0.15, 0.2) is 30.3 Å². The van der Waals surface area contributed by atoms with Crippen LogP contribution in [0.1, 0.15) is 36.6 Å². The quantitative estimate of drug-likeness (QED) is 0.632. The third-order valence-corrected chi connectivity index (χ3v) is 5.51. The van der Waals surface area contributed by atoms with Gasteiger partial charge in [-0.3, -0.25) is 0 Å². The Morgan fingerprint density at radius 1 is 1.29 bits per heavy atom. The molecule has 2 aromatic carbocycles. The number of ether oxygens (including phenoxy) is 3. The van der Waals surface area contributed by atoms with Crippen molar-refractivity contribution in [2.45, 2.75) is 43.7 Å². The Bertz CT molecular complexity index is 918. The summed E-state index contributed by atoms with van der Waals surface area (Å²) in [5.74, 6) is 1.43. The Kier molecular flexibility index (Phi) is 4.22. The molecule has 2 aliphatic heterocycles. The third kappa shape index (κ3) is 2.78. The first kappa shape index (κ1) is 18.9. The SMILES string of the molecule is COc1ccc2c(c1C[C@H](O)C(C)(C)O)O[C@H]1c3ccc(O)cc3OC[C@@]21O. The number of hydrogen-bond acceptors (Lipinski definition) is 7. The zero-order chi connectivity index (χ0) is 20.3. The predicted octanol–water partition coefficient (Wildman–Crippen LogP) is 1.79. The summed E-state index contributed by atoms with van der Waals surface area (Å²) in [6.45, 7) is 3.01. The molecular weight excluding hydrogens is 364 g/mol. The molecule has 28 heavy (non-hydrogen) atoms. The first-order valence-electron chi connectivity index (χ1n) is 9.10. The molecule has 0 spiro atoms. The standard InChI is InChI=1S/C21H24O7/c1-20(2,24)17(23)9-13-15(26-3)7-6-14-18(13)28-19-12-5-4-11(22)8-16(12)27-10-21(14,19)25/h4-8,17,19,22-25H,9-10H2,1-3H3/t17-,19-,21+/m0/s1. The van der Waals surface area contributed by atoms with Crippen LogP contribution >= 0.6 is 0 Å². The van der Waals surface area contributed by atoms with Crippen LogP contribution < -0.4 is 14.2 Å². The molecule has 0 saturated carbocycles. The molecule has 3 atom stereocenters. The van der Waals surface area contributed by atoms with E-state index in [1.54, 1.807) is 18.2 Å². The highest BCUT2D eigenvalue weighted by atomic mass is 16.5. The van der Waals surface area contributed by atoms with Gasteiger partial charge in [-0.15, -0.1) is 0 Å². The van der Waals surface area contributed by atoms with E-state index in [0.717, 1.165) is 0 Å². The monoisotopic (exact) mass is 388 g/mol. The number of methoxy groups -OCH3 is 1. The average Bonchev–Trinajstić information content (AvgIpc) is 2.94. The Morgan fingerprint density at radius 3 is 2.71 bits per heavy atom. The van der Waals surface area contributed by atoms with E-state index < -0.39 is 23.4 Å². The lowest BCUT2D eigenvalue weighted by atomic mass is 9.83. The van der Waals surface area contributed by atoms with Crippen molar-refractivity contribution in [1.29, 1.82) is 0 Å². The second-order valence-electron chi connectivity index (χ2n) is 7.93. The number of aromatic hydroxyl groups is 1. The van der Waals surface area contributed by atoms with Gasteiger partial charge < -0.3 is 34.6 Å². The Labute approximate surface area is 162 Å². The molecule has 0 aliphatic carbocycles. The maximum atomic E-state index is 11.4. The lowest BCUT2D eigenvalue weighted by Gasteiger charge is -2.34. The van der Waals surface area contributed by atoms with E-state index in [2.05, 4.69) is 0 Å². The first-order valence-corrected chi connectivity index (χ1v) is 9.10. The molecular formula is C21H24O7. The molecule has 4 rings (SSSR count). The highest BCUT2D eigenvalue weighted by molar-refractivity contribution is 5.58. The highest BCUT2D eigenvalue weighted by Gasteiger charge is 2.54. The highest BCUT2D eigenvalue weighted by Crippen LogP contribution is 2.56. The molecule has 0 bridgehead atoms. The molecule has 0 saturated heterocycles. The van der Waals surface area contributed by atoms with Crippen molar-refractivity contribution in [2.24, 2.45) is 0 Å². The fourth-order valence-electron chi connectivity index (χ4n) is 3.80. The zero-order valence-corrected chi connectivity index (χ0v) is 16.0. The normalized spacial score (nSPS) is 23.7. The molecule has 150 valence electrons. The van der Waals surface area contributed by atoms with E-state index in [1.165, 1.54) is 33.1 Å². The van der Waals surface area contributed by atoms with Gasteiger partial charge in [0.15, 0.2) is 11.7 Å². The molecule has 2 aliphatic rings. The van der Waals surface area contributed by atoms with Gasteiger partial charge in [0.25, 0.3) is 0 Å². The van der Waals surface area contributed by atoms with Crippen molar-refractivity contribution in [3.8, 4) is 23.0 Å². The Balaban J connectivity index is 1.81. The van der Waals surface area contributed by atoms with Crippen LogP contribution in [-0.4, -0.2) is 45.8 Å². The van der Waals surface area contributed by atoms with Crippen molar-refractivity contribution >= 4 is 0 Å². The van der Waals surface area contributed by atoms with Crippen molar-refractivity contribution in [3.63, 3.8) is 0 Å². The third-order valence-electron chi connectivity index (χ3n) is 5.51. The molecule has 0 unspecified atom stereocenters. The van der Waals surface area contributed by atoms with Gasteiger partial charge in [0, 0.05) is 29.2 Å². The van der Waals surface area contributed by atoms with E-state index in [-0.39, 0.29) is 18.8 Å². The van der Waals surface area contributed by atoms with Gasteiger partial charge in [-0.25, -0.2) is 0 Å². The van der Waals surface area contributed by atoms with Gasteiger partial charge in [-0.1, -0.05) is 0 Å². The largest absolute Gasteiger partial charge is 0.508 e. The van der Waals surface area contributed by atoms with Gasteiger partial charge in [0.2, 0.25) is 0 Å². The van der Waals surface area contributed by atoms with Crippen molar-refractivity contribution in [1.82, 2.24) is 0 Å². The van der Waals surface area contributed by atoms with Gasteiger partial charge in [-0.05, 0) is 38.1 Å². The molecule has 4 N–H and O–H groups in total. The summed E-state index contributed by atoms with van der Waals surface area (Å²) in [7, 11) is 1.51. The van der Waals surface area contributed by atoms with Gasteiger partial charge >= 0.3 is 0 Å². The number of rotatable bonds is 4. The minimum absolute atomic E-state index is 0.0407. The first-order chi connectivity index (χ1) is 13.1. The number of aliphatic hydroxyl groups is 3. The van der Waals surface area contributed by atoms with Crippen molar-refractivity contribution < 1.29 is 34.6 Å². The molecule has 7 heteroatoms. The number of phenols is 1. The topological polar surface area (TPSA) is 109 Å². The fourth-order valence-corrected chi connectivity index (χ4v) is 3.80. The maximum Gasteiger partial charge on any atom is 0.168 e. The van der Waals surface area contributed by atoms with Gasteiger partial charge in [-0.2, -0.15) is 0 Å². The van der Waals surface area contributed by atoms with E-state index in [4.69, 9.17) is 14.2 Å². The molecule has 0 amide bonds. The molecule has 7 nitrogen and oxygen atoms in total. The molecule has 0 radical (unpaired) electrons. The van der Waals surface area contributed by atoms with Crippen LogP contribution in [-0.2, 0) is 12.0 Å².